The number of rotatable bonds is 7. The first-order valence-electron chi connectivity index (χ1n) is 7.71. The predicted octanol–water partition coefficient (Wildman–Crippen LogP) is 3.82. The van der Waals surface area contributed by atoms with Gasteiger partial charge in [0.2, 0.25) is 0 Å². The van der Waals surface area contributed by atoms with Crippen LogP contribution in [-0.4, -0.2) is 19.7 Å². The molecule has 6 nitrogen and oxygen atoms in total. The maximum atomic E-state index is 11.5. The first kappa shape index (κ1) is 17.9. The number of methoxy groups -OCH3 is 1. The number of nitrogens with zero attached hydrogens (tertiary/aromatic N) is 1. The number of nitriles is 1. The summed E-state index contributed by atoms with van der Waals surface area (Å²) in [6.45, 7) is 1.92. The SMILES string of the molecule is CCOC(=O)/C(C#N)=C/Nc1ccc(Nc2ccc(OC)cc2)cc1. The van der Waals surface area contributed by atoms with Crippen LogP contribution in [0, 0.1) is 11.3 Å². The van der Waals surface area contributed by atoms with Crippen molar-refractivity contribution in [3.63, 3.8) is 0 Å². The molecule has 2 aromatic rings. The summed E-state index contributed by atoms with van der Waals surface area (Å²) in [6.07, 6.45) is 1.34. The smallest absolute Gasteiger partial charge is 0.350 e. The van der Waals surface area contributed by atoms with Gasteiger partial charge in [-0.15, -0.1) is 0 Å². The Morgan fingerprint density at radius 1 is 1.08 bits per heavy atom. The second-order valence-corrected chi connectivity index (χ2v) is 4.97. The molecule has 0 aliphatic carbocycles. The minimum Gasteiger partial charge on any atom is -0.497 e. The molecular weight excluding hydrogens is 318 g/mol. The molecule has 0 aliphatic heterocycles. The molecule has 0 saturated heterocycles. The average Bonchev–Trinajstić information content (AvgIpc) is 2.64. The third-order valence-electron chi connectivity index (χ3n) is 3.26. The molecule has 6 heteroatoms. The molecule has 2 N–H and O–H groups in total. The van der Waals surface area contributed by atoms with E-state index in [4.69, 9.17) is 14.7 Å². The quantitative estimate of drug-likeness (QED) is 0.454. The van der Waals surface area contributed by atoms with E-state index in [9.17, 15) is 4.79 Å². The van der Waals surface area contributed by atoms with Crippen LogP contribution in [0.25, 0.3) is 0 Å². The van der Waals surface area contributed by atoms with Gasteiger partial charge < -0.3 is 20.1 Å². The van der Waals surface area contributed by atoms with E-state index < -0.39 is 5.97 Å². The summed E-state index contributed by atoms with van der Waals surface area (Å²) in [5.74, 6) is 0.155. The number of anilines is 3. The third kappa shape index (κ3) is 5.29. The highest BCUT2D eigenvalue weighted by atomic mass is 16.5. The fourth-order valence-electron chi connectivity index (χ4n) is 1.99. The second kappa shape index (κ2) is 8.99. The Bertz CT molecular complexity index is 775. The standard InChI is InChI=1S/C19H19N3O3/c1-3-25-19(23)14(12-20)13-21-15-4-6-16(7-5-15)22-17-8-10-18(24-2)11-9-17/h4-11,13,21-22H,3H2,1-2H3/b14-13+. The number of esters is 1. The second-order valence-electron chi connectivity index (χ2n) is 4.97. The van der Waals surface area contributed by atoms with Gasteiger partial charge in [0.25, 0.3) is 0 Å². The Labute approximate surface area is 146 Å². The van der Waals surface area contributed by atoms with E-state index in [2.05, 4.69) is 10.6 Å². The van der Waals surface area contributed by atoms with Gasteiger partial charge in [-0.25, -0.2) is 4.79 Å². The van der Waals surface area contributed by atoms with Crippen LogP contribution in [0.15, 0.2) is 60.3 Å². The number of benzene rings is 2. The summed E-state index contributed by atoms with van der Waals surface area (Å²) in [5, 5.41) is 15.1. The van der Waals surface area contributed by atoms with Crippen molar-refractivity contribution in [2.75, 3.05) is 24.4 Å². The molecule has 0 fully saturated rings. The average molecular weight is 337 g/mol. The zero-order valence-corrected chi connectivity index (χ0v) is 14.1. The Hall–Kier alpha value is -3.46. The maximum Gasteiger partial charge on any atom is 0.350 e. The predicted molar refractivity (Wildman–Crippen MR) is 96.7 cm³/mol. The topological polar surface area (TPSA) is 83.4 Å². The van der Waals surface area contributed by atoms with Gasteiger partial charge in [0.15, 0.2) is 5.57 Å². The van der Waals surface area contributed by atoms with E-state index in [1.165, 1.54) is 6.20 Å². The van der Waals surface area contributed by atoms with Crippen molar-refractivity contribution in [2.24, 2.45) is 0 Å². The Kier molecular flexibility index (Phi) is 6.43. The van der Waals surface area contributed by atoms with Crippen LogP contribution in [0.1, 0.15) is 6.92 Å². The van der Waals surface area contributed by atoms with E-state index in [1.807, 2.05) is 54.6 Å². The van der Waals surface area contributed by atoms with Gasteiger partial charge in [-0.2, -0.15) is 5.26 Å². The lowest BCUT2D eigenvalue weighted by Crippen LogP contribution is -2.07. The van der Waals surface area contributed by atoms with Gasteiger partial charge in [-0.05, 0) is 55.5 Å². The number of carbonyl (C=O) groups is 1. The molecule has 0 spiro atoms. The number of hydrogen-bond donors (Lipinski definition) is 2. The van der Waals surface area contributed by atoms with E-state index in [0.29, 0.717) is 0 Å². The number of carbonyl (C=O) groups excluding carboxylic acids is 1. The third-order valence-corrected chi connectivity index (χ3v) is 3.26. The molecule has 0 heterocycles. The monoisotopic (exact) mass is 337 g/mol. The van der Waals surface area contributed by atoms with Crippen molar-refractivity contribution < 1.29 is 14.3 Å². The fraction of sp³-hybridized carbons (Fsp3) is 0.158. The normalized spacial score (nSPS) is 10.5. The molecular formula is C19H19N3O3. The number of nitrogens with one attached hydrogen (secondary N) is 2. The van der Waals surface area contributed by atoms with Gasteiger partial charge >= 0.3 is 5.97 Å². The zero-order valence-electron chi connectivity index (χ0n) is 14.1. The summed E-state index contributed by atoms with van der Waals surface area (Å²) in [4.78, 5) is 11.5. The molecule has 0 amide bonds. The lowest BCUT2D eigenvalue weighted by molar-refractivity contribution is -0.138. The van der Waals surface area contributed by atoms with Crippen molar-refractivity contribution in [3.8, 4) is 11.8 Å². The van der Waals surface area contributed by atoms with Gasteiger partial charge in [0.1, 0.15) is 11.8 Å². The minimum atomic E-state index is -0.643. The molecule has 2 rings (SSSR count). The van der Waals surface area contributed by atoms with Gasteiger partial charge in [-0.3, -0.25) is 0 Å². The minimum absolute atomic E-state index is 0.0812. The zero-order chi connectivity index (χ0) is 18.1. The molecule has 0 bridgehead atoms. The van der Waals surface area contributed by atoms with E-state index in [1.54, 1.807) is 14.0 Å². The molecule has 0 atom stereocenters. The van der Waals surface area contributed by atoms with Crippen molar-refractivity contribution in [1.82, 2.24) is 0 Å². The van der Waals surface area contributed by atoms with Gasteiger partial charge in [-0.1, -0.05) is 0 Å². The summed E-state index contributed by atoms with van der Waals surface area (Å²) >= 11 is 0. The largest absolute Gasteiger partial charge is 0.497 e. The summed E-state index contributed by atoms with van der Waals surface area (Å²) in [7, 11) is 1.63. The molecule has 0 unspecified atom stereocenters. The van der Waals surface area contributed by atoms with Crippen molar-refractivity contribution in [1.29, 1.82) is 5.26 Å². The molecule has 0 aliphatic rings. The van der Waals surface area contributed by atoms with Crippen molar-refractivity contribution >= 4 is 23.0 Å². The summed E-state index contributed by atoms with van der Waals surface area (Å²) in [5.41, 5.74) is 2.51. The van der Waals surface area contributed by atoms with Crippen LogP contribution >= 0.6 is 0 Å². The fourth-order valence-corrected chi connectivity index (χ4v) is 1.99. The van der Waals surface area contributed by atoms with Gasteiger partial charge in [0, 0.05) is 23.3 Å². The van der Waals surface area contributed by atoms with E-state index >= 15 is 0 Å². The van der Waals surface area contributed by atoms with E-state index in [-0.39, 0.29) is 12.2 Å². The summed E-state index contributed by atoms with van der Waals surface area (Å²) < 4.78 is 9.92. The lowest BCUT2D eigenvalue weighted by atomic mass is 10.2. The van der Waals surface area contributed by atoms with Crippen LogP contribution in [0.4, 0.5) is 17.1 Å². The first-order valence-corrected chi connectivity index (χ1v) is 7.71. The Balaban J connectivity index is 1.99. The Morgan fingerprint density at radius 3 is 2.16 bits per heavy atom. The number of ether oxygens (including phenoxy) is 2. The highest BCUT2D eigenvalue weighted by molar-refractivity contribution is 5.93. The number of hydrogen-bond acceptors (Lipinski definition) is 6. The molecule has 0 radical (unpaired) electrons. The maximum absolute atomic E-state index is 11.5. The van der Waals surface area contributed by atoms with Crippen molar-refractivity contribution in [2.45, 2.75) is 6.92 Å². The van der Waals surface area contributed by atoms with Crippen LogP contribution in [0.2, 0.25) is 0 Å². The molecule has 128 valence electrons. The van der Waals surface area contributed by atoms with Crippen molar-refractivity contribution in [3.05, 3.63) is 60.3 Å². The molecule has 0 aromatic heterocycles. The van der Waals surface area contributed by atoms with Crippen LogP contribution in [0.5, 0.6) is 5.75 Å². The first-order chi connectivity index (χ1) is 12.2. The van der Waals surface area contributed by atoms with Crippen LogP contribution in [0.3, 0.4) is 0 Å². The summed E-state index contributed by atoms with van der Waals surface area (Å²) in [6, 6.07) is 16.9. The molecule has 25 heavy (non-hydrogen) atoms. The van der Waals surface area contributed by atoms with Crippen LogP contribution in [-0.2, 0) is 9.53 Å². The Morgan fingerprint density at radius 2 is 1.64 bits per heavy atom. The molecule has 2 aromatic carbocycles. The highest BCUT2D eigenvalue weighted by Gasteiger charge is 2.08. The molecule has 0 saturated carbocycles. The van der Waals surface area contributed by atoms with Crippen LogP contribution < -0.4 is 15.4 Å². The van der Waals surface area contributed by atoms with E-state index in [0.717, 1.165) is 22.8 Å². The lowest BCUT2D eigenvalue weighted by Gasteiger charge is -2.08. The van der Waals surface area contributed by atoms with Gasteiger partial charge in [0.05, 0.1) is 13.7 Å². The highest BCUT2D eigenvalue weighted by Crippen LogP contribution is 2.21.